The van der Waals surface area contributed by atoms with Crippen molar-refractivity contribution in [3.63, 3.8) is 0 Å². The summed E-state index contributed by atoms with van der Waals surface area (Å²) in [7, 11) is 0. The Morgan fingerprint density at radius 3 is 2.88 bits per heavy atom. The molecule has 0 unspecified atom stereocenters. The topological polar surface area (TPSA) is 109 Å². The van der Waals surface area contributed by atoms with Crippen molar-refractivity contribution in [3.05, 3.63) is 27.0 Å². The number of aromatic nitrogens is 2. The fourth-order valence-corrected chi connectivity index (χ4v) is 2.06. The second-order valence-electron chi connectivity index (χ2n) is 4.20. The van der Waals surface area contributed by atoms with Gasteiger partial charge in [0.15, 0.2) is 0 Å². The van der Waals surface area contributed by atoms with E-state index in [1.54, 1.807) is 4.90 Å². The quantitative estimate of drug-likeness (QED) is 0.490. The lowest BCUT2D eigenvalue weighted by molar-refractivity contribution is 0.0525. The van der Waals surface area contributed by atoms with Gasteiger partial charge in [-0.25, -0.2) is 4.79 Å². The molecule has 0 spiro atoms. The van der Waals surface area contributed by atoms with Gasteiger partial charge < -0.3 is 20.1 Å². The van der Waals surface area contributed by atoms with Crippen molar-refractivity contribution in [3.8, 4) is 0 Å². The molecule has 94 valence electrons. The number of nitrogens with zero attached hydrogens (tertiary/aromatic N) is 1. The fraction of sp³-hybridized carbons (Fsp3) is 0.600. The lowest BCUT2D eigenvalue weighted by Crippen LogP contribution is -2.46. The molecule has 1 aromatic rings. The maximum atomic E-state index is 11.6. The number of rotatable bonds is 2. The lowest BCUT2D eigenvalue weighted by Gasteiger charge is -2.35. The van der Waals surface area contributed by atoms with E-state index in [0.29, 0.717) is 25.2 Å². The Labute approximate surface area is 96.7 Å². The number of nitrogens with one attached hydrogen (secondary N) is 2. The largest absolute Gasteiger partial charge is 0.396 e. The Morgan fingerprint density at radius 1 is 1.47 bits per heavy atom. The summed E-state index contributed by atoms with van der Waals surface area (Å²) in [5.74, 6) is -0.268. The first kappa shape index (κ1) is 11.9. The highest BCUT2D eigenvalue weighted by Gasteiger charge is 2.28. The van der Waals surface area contributed by atoms with E-state index >= 15 is 0 Å². The third kappa shape index (κ3) is 2.40. The van der Waals surface area contributed by atoms with Crippen LogP contribution in [0.3, 0.4) is 0 Å². The molecule has 7 nitrogen and oxygen atoms in total. The number of aromatic amines is 2. The summed E-state index contributed by atoms with van der Waals surface area (Å²) >= 11 is 0. The van der Waals surface area contributed by atoms with Crippen molar-refractivity contribution in [2.24, 2.45) is 5.92 Å². The van der Waals surface area contributed by atoms with E-state index in [1.165, 1.54) is 6.20 Å². The summed E-state index contributed by atoms with van der Waals surface area (Å²) in [6.45, 7) is 0.790. The Bertz CT molecular complexity index is 495. The zero-order valence-corrected chi connectivity index (χ0v) is 9.22. The van der Waals surface area contributed by atoms with Crippen molar-refractivity contribution in [1.29, 1.82) is 0 Å². The van der Waals surface area contributed by atoms with Crippen molar-refractivity contribution in [1.82, 2.24) is 9.97 Å². The van der Waals surface area contributed by atoms with E-state index in [9.17, 15) is 14.7 Å². The molecule has 2 heterocycles. The maximum absolute atomic E-state index is 11.6. The minimum absolute atomic E-state index is 0.126. The SMILES string of the molecule is O=c1[nH]cc(N2CC[C@@H](O)[C@@H](CO)C2)c(=O)[nH]1. The maximum Gasteiger partial charge on any atom is 0.325 e. The molecule has 1 aliphatic heterocycles. The molecular weight excluding hydrogens is 226 g/mol. The predicted octanol–water partition coefficient (Wildman–Crippen LogP) is -1.76. The summed E-state index contributed by atoms with van der Waals surface area (Å²) in [5.41, 5.74) is -0.647. The number of hydrogen-bond acceptors (Lipinski definition) is 5. The standard InChI is InChI=1S/C10H15N3O4/c14-5-6-4-13(2-1-8(6)15)7-3-11-10(17)12-9(7)16/h3,6,8,14-15H,1-2,4-5H2,(H2,11,12,16,17)/t6-,8-/m1/s1. The van der Waals surface area contributed by atoms with Gasteiger partial charge in [0.25, 0.3) is 5.56 Å². The fourth-order valence-electron chi connectivity index (χ4n) is 2.06. The van der Waals surface area contributed by atoms with E-state index in [-0.39, 0.29) is 12.5 Å². The predicted molar refractivity (Wildman–Crippen MR) is 61.1 cm³/mol. The summed E-state index contributed by atoms with van der Waals surface area (Å²) in [5, 5.41) is 18.7. The van der Waals surface area contributed by atoms with Crippen LogP contribution in [-0.2, 0) is 0 Å². The van der Waals surface area contributed by atoms with Crippen molar-refractivity contribution in [2.75, 3.05) is 24.6 Å². The molecule has 1 fully saturated rings. The lowest BCUT2D eigenvalue weighted by atomic mass is 9.95. The third-order valence-corrected chi connectivity index (χ3v) is 3.07. The van der Waals surface area contributed by atoms with Crippen LogP contribution in [0.2, 0.25) is 0 Å². The number of aliphatic hydroxyl groups excluding tert-OH is 2. The van der Waals surface area contributed by atoms with Gasteiger partial charge in [0.2, 0.25) is 0 Å². The van der Waals surface area contributed by atoms with Crippen LogP contribution >= 0.6 is 0 Å². The minimum atomic E-state index is -0.547. The highest BCUT2D eigenvalue weighted by molar-refractivity contribution is 5.42. The molecular formula is C10H15N3O4. The number of anilines is 1. The monoisotopic (exact) mass is 241 g/mol. The molecule has 1 saturated heterocycles. The first-order valence-corrected chi connectivity index (χ1v) is 5.47. The van der Waals surface area contributed by atoms with Gasteiger partial charge in [0, 0.05) is 25.2 Å². The number of piperidine rings is 1. The van der Waals surface area contributed by atoms with Gasteiger partial charge in [-0.2, -0.15) is 0 Å². The molecule has 0 bridgehead atoms. The Morgan fingerprint density at radius 2 is 2.24 bits per heavy atom. The molecule has 4 N–H and O–H groups in total. The molecule has 1 aliphatic rings. The average molecular weight is 241 g/mol. The van der Waals surface area contributed by atoms with E-state index < -0.39 is 17.4 Å². The minimum Gasteiger partial charge on any atom is -0.396 e. The zero-order valence-electron chi connectivity index (χ0n) is 9.22. The molecule has 0 amide bonds. The Balaban J connectivity index is 2.23. The highest BCUT2D eigenvalue weighted by atomic mass is 16.3. The van der Waals surface area contributed by atoms with Crippen LogP contribution in [0, 0.1) is 5.92 Å². The summed E-state index contributed by atoms with van der Waals surface area (Å²) in [4.78, 5) is 28.8. The van der Waals surface area contributed by atoms with Gasteiger partial charge in [-0.3, -0.25) is 9.78 Å². The van der Waals surface area contributed by atoms with Gasteiger partial charge in [0.05, 0.1) is 12.7 Å². The van der Waals surface area contributed by atoms with E-state index in [0.717, 1.165) is 0 Å². The molecule has 17 heavy (non-hydrogen) atoms. The normalized spacial score (nSPS) is 24.9. The van der Waals surface area contributed by atoms with E-state index in [4.69, 9.17) is 5.11 Å². The smallest absolute Gasteiger partial charge is 0.325 e. The third-order valence-electron chi connectivity index (χ3n) is 3.07. The second kappa shape index (κ2) is 4.72. The highest BCUT2D eigenvalue weighted by Crippen LogP contribution is 2.19. The summed E-state index contributed by atoms with van der Waals surface area (Å²) in [6, 6.07) is 0. The van der Waals surface area contributed by atoms with E-state index in [2.05, 4.69) is 9.97 Å². The van der Waals surface area contributed by atoms with Crippen LogP contribution in [0.5, 0.6) is 0 Å². The Hall–Kier alpha value is -1.60. The molecule has 0 radical (unpaired) electrons. The van der Waals surface area contributed by atoms with Crippen molar-refractivity contribution in [2.45, 2.75) is 12.5 Å². The van der Waals surface area contributed by atoms with Gasteiger partial charge in [-0.05, 0) is 6.42 Å². The summed E-state index contributed by atoms with van der Waals surface area (Å²) in [6.07, 6.45) is 1.30. The van der Waals surface area contributed by atoms with Crippen LogP contribution < -0.4 is 16.1 Å². The van der Waals surface area contributed by atoms with E-state index in [1.807, 2.05) is 0 Å². The van der Waals surface area contributed by atoms with Crippen LogP contribution in [0.4, 0.5) is 5.69 Å². The van der Waals surface area contributed by atoms with Crippen LogP contribution in [0.1, 0.15) is 6.42 Å². The van der Waals surface area contributed by atoms with Gasteiger partial charge >= 0.3 is 5.69 Å². The number of hydrogen-bond donors (Lipinski definition) is 4. The van der Waals surface area contributed by atoms with Crippen molar-refractivity contribution < 1.29 is 10.2 Å². The average Bonchev–Trinajstić information content (AvgIpc) is 2.30. The van der Waals surface area contributed by atoms with Crippen LogP contribution in [-0.4, -0.2) is 46.0 Å². The second-order valence-corrected chi connectivity index (χ2v) is 4.20. The number of H-pyrrole nitrogens is 2. The van der Waals surface area contributed by atoms with Gasteiger partial charge in [-0.15, -0.1) is 0 Å². The van der Waals surface area contributed by atoms with Crippen LogP contribution in [0.15, 0.2) is 15.8 Å². The Kier molecular flexibility index (Phi) is 3.30. The first-order valence-electron chi connectivity index (χ1n) is 5.47. The molecule has 0 aliphatic carbocycles. The number of aliphatic hydroxyl groups is 2. The molecule has 7 heteroatoms. The molecule has 0 aromatic carbocycles. The van der Waals surface area contributed by atoms with Crippen molar-refractivity contribution >= 4 is 5.69 Å². The van der Waals surface area contributed by atoms with Gasteiger partial charge in [-0.1, -0.05) is 0 Å². The first-order chi connectivity index (χ1) is 8.11. The molecule has 0 saturated carbocycles. The van der Waals surface area contributed by atoms with Crippen LogP contribution in [0.25, 0.3) is 0 Å². The molecule has 1 aromatic heterocycles. The zero-order chi connectivity index (χ0) is 12.4. The van der Waals surface area contributed by atoms with Gasteiger partial charge in [0.1, 0.15) is 5.69 Å². The molecule has 2 rings (SSSR count). The molecule has 2 atom stereocenters. The summed E-state index contributed by atoms with van der Waals surface area (Å²) < 4.78 is 0.